The summed E-state index contributed by atoms with van der Waals surface area (Å²) in [5.41, 5.74) is 1.90. The summed E-state index contributed by atoms with van der Waals surface area (Å²) in [7, 11) is 0. The maximum absolute atomic E-state index is 11.4. The Kier molecular flexibility index (Phi) is 4.85. The van der Waals surface area contributed by atoms with Crippen LogP contribution in [0.2, 0.25) is 0 Å². The van der Waals surface area contributed by atoms with E-state index in [-0.39, 0.29) is 18.1 Å². The van der Waals surface area contributed by atoms with Gasteiger partial charge in [-0.1, -0.05) is 6.07 Å². The Morgan fingerprint density at radius 1 is 1.38 bits per heavy atom. The van der Waals surface area contributed by atoms with Crippen LogP contribution in [0.3, 0.4) is 0 Å². The summed E-state index contributed by atoms with van der Waals surface area (Å²) in [5.74, 6) is 0.694. The Morgan fingerprint density at radius 2 is 2.14 bits per heavy atom. The van der Waals surface area contributed by atoms with Gasteiger partial charge in [0.25, 0.3) is 0 Å². The monoisotopic (exact) mass is 292 g/mol. The lowest BCUT2D eigenvalue weighted by atomic mass is 10.0. The van der Waals surface area contributed by atoms with E-state index in [0.29, 0.717) is 18.7 Å². The number of hydrogen-bond donors (Lipinski definition) is 3. The fraction of sp³-hybridized carbons (Fsp3) is 0.562. The predicted molar refractivity (Wildman–Crippen MR) is 82.7 cm³/mol. The third-order valence-electron chi connectivity index (χ3n) is 3.29. The number of aliphatic hydroxyl groups is 1. The average Bonchev–Trinajstić information content (AvgIpc) is 2.41. The molecule has 1 aromatic rings. The van der Waals surface area contributed by atoms with Gasteiger partial charge in [0, 0.05) is 30.3 Å². The molecule has 116 valence electrons. The normalized spacial score (nSPS) is 16.1. The molecule has 1 aliphatic heterocycles. The van der Waals surface area contributed by atoms with Crippen LogP contribution in [0.5, 0.6) is 5.75 Å². The number of anilines is 1. The molecular formula is C16H24N2O3. The summed E-state index contributed by atoms with van der Waals surface area (Å²) in [6.07, 6.45) is 0.721. The highest BCUT2D eigenvalue weighted by Gasteiger charge is 2.16. The van der Waals surface area contributed by atoms with Gasteiger partial charge >= 0.3 is 0 Å². The molecule has 0 bridgehead atoms. The van der Waals surface area contributed by atoms with Crippen LogP contribution in [0.4, 0.5) is 5.69 Å². The first kappa shape index (κ1) is 15.8. The van der Waals surface area contributed by atoms with E-state index in [1.54, 1.807) is 0 Å². The fourth-order valence-electron chi connectivity index (χ4n) is 2.12. The Balaban J connectivity index is 1.86. The molecule has 3 N–H and O–H groups in total. The molecule has 0 fully saturated rings. The number of carbonyl (C=O) groups is 1. The van der Waals surface area contributed by atoms with E-state index in [1.807, 2.05) is 39.0 Å². The minimum atomic E-state index is -0.574. The standard InChI is InChI=1S/C16H24N2O3/c1-16(2,3)17-9-12(19)10-21-13-6-4-11-5-7-15(20)18-14(11)8-13/h4,6,8,12,17,19H,5,7,9-10H2,1-3H3,(H,18,20). The van der Waals surface area contributed by atoms with Gasteiger partial charge in [0.2, 0.25) is 5.91 Å². The topological polar surface area (TPSA) is 70.6 Å². The third kappa shape index (κ3) is 5.02. The smallest absolute Gasteiger partial charge is 0.224 e. The maximum Gasteiger partial charge on any atom is 0.224 e. The Labute approximate surface area is 125 Å². The number of amides is 1. The molecule has 2 rings (SSSR count). The van der Waals surface area contributed by atoms with Crippen LogP contribution in [0, 0.1) is 0 Å². The van der Waals surface area contributed by atoms with E-state index in [4.69, 9.17) is 4.74 Å². The first-order valence-corrected chi connectivity index (χ1v) is 7.32. The Bertz CT molecular complexity index is 509. The van der Waals surface area contributed by atoms with Crippen LogP contribution in [0.15, 0.2) is 18.2 Å². The Morgan fingerprint density at radius 3 is 2.86 bits per heavy atom. The number of rotatable bonds is 5. The largest absolute Gasteiger partial charge is 0.491 e. The lowest BCUT2D eigenvalue weighted by Gasteiger charge is -2.23. The first-order valence-electron chi connectivity index (χ1n) is 7.32. The second-order valence-corrected chi connectivity index (χ2v) is 6.46. The second kappa shape index (κ2) is 6.45. The predicted octanol–water partition coefficient (Wildman–Crippen LogP) is 1.70. The van der Waals surface area contributed by atoms with Crippen molar-refractivity contribution in [2.45, 2.75) is 45.3 Å². The molecule has 21 heavy (non-hydrogen) atoms. The van der Waals surface area contributed by atoms with Crippen LogP contribution in [-0.4, -0.2) is 35.8 Å². The van der Waals surface area contributed by atoms with Crippen molar-refractivity contribution in [1.29, 1.82) is 0 Å². The van der Waals surface area contributed by atoms with Crippen LogP contribution >= 0.6 is 0 Å². The molecule has 0 saturated carbocycles. The van der Waals surface area contributed by atoms with E-state index in [1.165, 1.54) is 0 Å². The van der Waals surface area contributed by atoms with Crippen molar-refractivity contribution in [2.75, 3.05) is 18.5 Å². The molecule has 1 amide bonds. The van der Waals surface area contributed by atoms with Gasteiger partial charge in [0.15, 0.2) is 0 Å². The number of β-amino-alcohol motifs (C(OH)–C–C–N with tert-alkyl or cyclic N) is 1. The molecule has 1 unspecified atom stereocenters. The summed E-state index contributed by atoms with van der Waals surface area (Å²) in [5, 5.41) is 16.0. The molecule has 0 radical (unpaired) electrons. The summed E-state index contributed by atoms with van der Waals surface area (Å²) < 4.78 is 5.59. The van der Waals surface area contributed by atoms with E-state index < -0.39 is 6.10 Å². The minimum Gasteiger partial charge on any atom is -0.491 e. The number of fused-ring (bicyclic) bond motifs is 1. The van der Waals surface area contributed by atoms with Gasteiger partial charge in [-0.15, -0.1) is 0 Å². The van der Waals surface area contributed by atoms with Crippen molar-refractivity contribution in [1.82, 2.24) is 5.32 Å². The second-order valence-electron chi connectivity index (χ2n) is 6.46. The number of aryl methyl sites for hydroxylation is 1. The van der Waals surface area contributed by atoms with Gasteiger partial charge < -0.3 is 20.5 Å². The molecule has 1 aliphatic rings. The molecule has 1 heterocycles. The van der Waals surface area contributed by atoms with Gasteiger partial charge in [-0.2, -0.15) is 0 Å². The molecule has 5 heteroatoms. The summed E-state index contributed by atoms with van der Waals surface area (Å²) >= 11 is 0. The van der Waals surface area contributed by atoms with Crippen molar-refractivity contribution >= 4 is 11.6 Å². The van der Waals surface area contributed by atoms with E-state index in [9.17, 15) is 9.90 Å². The van der Waals surface area contributed by atoms with Gasteiger partial charge in [0.1, 0.15) is 18.5 Å². The quantitative estimate of drug-likeness (QED) is 0.772. The van der Waals surface area contributed by atoms with Gasteiger partial charge in [-0.3, -0.25) is 4.79 Å². The van der Waals surface area contributed by atoms with Crippen LogP contribution < -0.4 is 15.4 Å². The van der Waals surface area contributed by atoms with E-state index in [2.05, 4.69) is 10.6 Å². The van der Waals surface area contributed by atoms with Crippen LogP contribution in [0.1, 0.15) is 32.8 Å². The van der Waals surface area contributed by atoms with E-state index >= 15 is 0 Å². The lowest BCUT2D eigenvalue weighted by Crippen LogP contribution is -2.42. The van der Waals surface area contributed by atoms with Gasteiger partial charge in [-0.05, 0) is 38.8 Å². The molecular weight excluding hydrogens is 268 g/mol. The number of hydrogen-bond acceptors (Lipinski definition) is 4. The number of ether oxygens (including phenoxy) is 1. The summed E-state index contributed by atoms with van der Waals surface area (Å²) in [6, 6.07) is 5.65. The zero-order valence-electron chi connectivity index (χ0n) is 12.9. The number of nitrogens with one attached hydrogen (secondary N) is 2. The number of benzene rings is 1. The highest BCUT2D eigenvalue weighted by molar-refractivity contribution is 5.94. The number of aliphatic hydroxyl groups excluding tert-OH is 1. The molecule has 0 spiro atoms. The molecule has 0 aliphatic carbocycles. The SMILES string of the molecule is CC(C)(C)NCC(O)COc1ccc2c(c1)NC(=O)CC2. The van der Waals surface area contributed by atoms with Crippen molar-refractivity contribution in [3.8, 4) is 5.75 Å². The van der Waals surface area contributed by atoms with Crippen molar-refractivity contribution in [2.24, 2.45) is 0 Å². The van der Waals surface area contributed by atoms with Crippen molar-refractivity contribution in [3.63, 3.8) is 0 Å². The maximum atomic E-state index is 11.4. The molecule has 1 atom stereocenters. The average molecular weight is 292 g/mol. The zero-order valence-corrected chi connectivity index (χ0v) is 12.9. The van der Waals surface area contributed by atoms with Gasteiger partial charge in [-0.25, -0.2) is 0 Å². The van der Waals surface area contributed by atoms with Crippen LogP contribution in [-0.2, 0) is 11.2 Å². The third-order valence-corrected chi connectivity index (χ3v) is 3.29. The highest BCUT2D eigenvalue weighted by atomic mass is 16.5. The van der Waals surface area contributed by atoms with Crippen molar-refractivity contribution in [3.05, 3.63) is 23.8 Å². The fourth-order valence-corrected chi connectivity index (χ4v) is 2.12. The molecule has 5 nitrogen and oxygen atoms in total. The number of carbonyl (C=O) groups excluding carboxylic acids is 1. The minimum absolute atomic E-state index is 0.0307. The first-order chi connectivity index (χ1) is 9.83. The molecule has 1 aromatic carbocycles. The lowest BCUT2D eigenvalue weighted by molar-refractivity contribution is -0.116. The van der Waals surface area contributed by atoms with Crippen LogP contribution in [0.25, 0.3) is 0 Å². The summed E-state index contributed by atoms with van der Waals surface area (Å²) in [4.78, 5) is 11.4. The van der Waals surface area contributed by atoms with Crippen molar-refractivity contribution < 1.29 is 14.6 Å². The molecule has 0 aromatic heterocycles. The zero-order chi connectivity index (χ0) is 15.5. The highest BCUT2D eigenvalue weighted by Crippen LogP contribution is 2.27. The van der Waals surface area contributed by atoms with Gasteiger partial charge in [0.05, 0.1) is 0 Å². The molecule has 0 saturated heterocycles. The summed E-state index contributed by atoms with van der Waals surface area (Å²) in [6.45, 7) is 6.84. The van der Waals surface area contributed by atoms with E-state index in [0.717, 1.165) is 17.7 Å². The Hall–Kier alpha value is -1.59.